The lowest BCUT2D eigenvalue weighted by Crippen LogP contribution is -2.40. The molecule has 112 valence electrons. The van der Waals surface area contributed by atoms with E-state index >= 15 is 0 Å². The van der Waals surface area contributed by atoms with Crippen molar-refractivity contribution in [3.05, 3.63) is 0 Å². The first-order valence-corrected chi connectivity index (χ1v) is 7.04. The molecule has 0 unspecified atom stereocenters. The van der Waals surface area contributed by atoms with Gasteiger partial charge in [-0.25, -0.2) is 12.8 Å². The molecule has 0 bridgehead atoms. The molecule has 0 atom stereocenters. The second-order valence-electron chi connectivity index (χ2n) is 3.67. The monoisotopic (exact) mass is 299 g/mol. The summed E-state index contributed by atoms with van der Waals surface area (Å²) in [5.74, 6) is 0.730. The lowest BCUT2D eigenvalue weighted by molar-refractivity contribution is -0.428. The molecular weight excluding hydrogens is 281 g/mol. The van der Waals surface area contributed by atoms with Crippen molar-refractivity contribution in [2.45, 2.75) is 26.2 Å². The Morgan fingerprint density at radius 2 is 2.11 bits per heavy atom. The molecule has 1 rings (SSSR count). The number of hydrogen-bond donors (Lipinski definition) is 0. The van der Waals surface area contributed by atoms with Crippen LogP contribution in [0.15, 0.2) is 0 Å². The summed E-state index contributed by atoms with van der Waals surface area (Å²) in [5.41, 5.74) is 0. The van der Waals surface area contributed by atoms with Crippen molar-refractivity contribution in [2.24, 2.45) is 0 Å². The van der Waals surface area contributed by atoms with Crippen LogP contribution in [-0.2, 0) is 24.5 Å². The third-order valence-electron chi connectivity index (χ3n) is 2.28. The van der Waals surface area contributed by atoms with Crippen LogP contribution in [0.25, 0.3) is 0 Å². The van der Waals surface area contributed by atoms with Gasteiger partial charge in [0.2, 0.25) is 0 Å². The maximum atomic E-state index is 11.2. The average molecular weight is 299 g/mol. The van der Waals surface area contributed by atoms with Gasteiger partial charge in [-0.1, -0.05) is 0 Å². The van der Waals surface area contributed by atoms with Crippen molar-refractivity contribution < 1.29 is 30.8 Å². The molecule has 19 heavy (non-hydrogen) atoms. The number of halogens is 1. The molecule has 1 amide bonds. The maximum absolute atomic E-state index is 11.2. The van der Waals surface area contributed by atoms with Crippen molar-refractivity contribution in [2.75, 3.05) is 26.8 Å². The summed E-state index contributed by atoms with van der Waals surface area (Å²) in [6.45, 7) is 3.46. The smallest absolute Gasteiger partial charge is 0.395 e. The van der Waals surface area contributed by atoms with Gasteiger partial charge in [0, 0.05) is 6.54 Å². The molecule has 0 aromatic heterocycles. The summed E-state index contributed by atoms with van der Waals surface area (Å²) < 4.78 is 45.4. The van der Waals surface area contributed by atoms with E-state index in [0.717, 1.165) is 31.7 Å². The second-order valence-corrected chi connectivity index (χ2v) is 4.46. The Hall–Kier alpha value is -1.22. The van der Waals surface area contributed by atoms with E-state index < -0.39 is 10.5 Å². The zero-order chi connectivity index (χ0) is 14.9. The van der Waals surface area contributed by atoms with Gasteiger partial charge in [0.05, 0.1) is 13.0 Å². The van der Waals surface area contributed by atoms with Gasteiger partial charge >= 0.3 is 11.9 Å². The maximum Gasteiger partial charge on any atom is 0.395 e. The normalized spacial score (nSPS) is 17.7. The Morgan fingerprint density at radius 3 is 2.58 bits per heavy atom. The van der Waals surface area contributed by atoms with Crippen molar-refractivity contribution in [1.29, 1.82) is 0 Å². The summed E-state index contributed by atoms with van der Waals surface area (Å²) in [5, 5.41) is 0. The predicted octanol–water partition coefficient (Wildman–Crippen LogP) is 0.144. The molecular formula is C10H18FNO6S. The van der Waals surface area contributed by atoms with Crippen LogP contribution in [0.4, 0.5) is 3.89 Å². The summed E-state index contributed by atoms with van der Waals surface area (Å²) in [7, 11) is -3.77. The van der Waals surface area contributed by atoms with E-state index in [-0.39, 0.29) is 5.97 Å². The SMILES string of the molecule is CCOC(=O)CN1CCCC/C1=[O+]\C.O=S(=O)([O-])F. The minimum atomic E-state index is -5.42. The van der Waals surface area contributed by atoms with Gasteiger partial charge in [-0.2, -0.15) is 0 Å². The molecule has 0 radical (unpaired) electrons. The van der Waals surface area contributed by atoms with Crippen LogP contribution in [0.2, 0.25) is 0 Å². The molecule has 0 aromatic rings. The number of rotatable bonds is 3. The first-order valence-electron chi connectivity index (χ1n) is 5.73. The molecule has 0 N–H and O–H groups in total. The quantitative estimate of drug-likeness (QED) is 0.319. The van der Waals surface area contributed by atoms with Crippen LogP contribution in [0.5, 0.6) is 0 Å². The van der Waals surface area contributed by atoms with Gasteiger partial charge in [-0.15, -0.1) is 3.89 Å². The van der Waals surface area contributed by atoms with Crippen LogP contribution >= 0.6 is 0 Å². The number of piperidine rings is 1. The topological polar surface area (TPSA) is 98.0 Å². The molecule has 1 aliphatic heterocycles. The number of likely N-dealkylation sites (tertiary alicyclic amines) is 1. The second kappa shape index (κ2) is 8.81. The number of carbonyl (C=O) groups is 1. The number of amides is 1. The predicted molar refractivity (Wildman–Crippen MR) is 63.8 cm³/mol. The third-order valence-corrected chi connectivity index (χ3v) is 2.28. The molecule has 1 fully saturated rings. The molecule has 7 nitrogen and oxygen atoms in total. The highest BCUT2D eigenvalue weighted by atomic mass is 32.3. The standard InChI is InChI=1S/C10H18NO3.FHO3S/c1-3-14-10(12)8-11-7-5-4-6-9(11)13-2;1-5(2,3)4/h3-8H2,1-2H3;(H,2,3,4)/q+1;/p-1. The van der Waals surface area contributed by atoms with Gasteiger partial charge in [0.25, 0.3) is 17.6 Å². The zero-order valence-corrected chi connectivity index (χ0v) is 11.7. The molecule has 0 saturated carbocycles. The van der Waals surface area contributed by atoms with E-state index in [1.165, 1.54) is 0 Å². The van der Waals surface area contributed by atoms with E-state index in [0.29, 0.717) is 13.2 Å². The Kier molecular flexibility index (Phi) is 8.24. The van der Waals surface area contributed by atoms with E-state index in [4.69, 9.17) is 22.1 Å². The summed E-state index contributed by atoms with van der Waals surface area (Å²) in [6.07, 6.45) is 3.19. The largest absolute Gasteiger partial charge is 0.722 e. The Bertz CT molecular complexity index is 400. The molecule has 0 aromatic carbocycles. The lowest BCUT2D eigenvalue weighted by Gasteiger charge is -2.21. The zero-order valence-electron chi connectivity index (χ0n) is 10.9. The number of nitrogens with zero attached hydrogens (tertiary/aromatic N) is 1. The van der Waals surface area contributed by atoms with Gasteiger partial charge < -0.3 is 9.29 Å². The molecule has 0 spiro atoms. The van der Waals surface area contributed by atoms with Gasteiger partial charge in [-0.05, 0) is 19.8 Å². The highest BCUT2D eigenvalue weighted by Gasteiger charge is 2.26. The third kappa shape index (κ3) is 10.4. The lowest BCUT2D eigenvalue weighted by atomic mass is 10.1. The van der Waals surface area contributed by atoms with E-state index in [2.05, 4.69) is 0 Å². The molecule has 1 aliphatic rings. The van der Waals surface area contributed by atoms with E-state index in [1.54, 1.807) is 7.11 Å². The van der Waals surface area contributed by atoms with Crippen LogP contribution in [0, 0.1) is 0 Å². The molecule has 1 saturated heterocycles. The Balaban J connectivity index is 0.000000555. The van der Waals surface area contributed by atoms with Crippen molar-refractivity contribution in [1.82, 2.24) is 4.90 Å². The Labute approximate surface area is 112 Å². The first kappa shape index (κ1) is 17.8. The van der Waals surface area contributed by atoms with Gasteiger partial charge in [0.1, 0.15) is 6.54 Å². The van der Waals surface area contributed by atoms with Gasteiger partial charge in [0.15, 0.2) is 0 Å². The van der Waals surface area contributed by atoms with Crippen molar-refractivity contribution in [3.8, 4) is 0 Å². The number of ether oxygens (including phenoxy) is 1. The van der Waals surface area contributed by atoms with Crippen LogP contribution in [0.1, 0.15) is 26.2 Å². The molecule has 0 aliphatic carbocycles. The summed E-state index contributed by atoms with van der Waals surface area (Å²) in [4.78, 5) is 13.2. The Morgan fingerprint density at radius 1 is 1.53 bits per heavy atom. The summed E-state index contributed by atoms with van der Waals surface area (Å²) in [6, 6.07) is 0. The number of carbonyl (C=O) groups excluding carboxylic acids is 2. The fourth-order valence-corrected chi connectivity index (χ4v) is 1.62. The fourth-order valence-electron chi connectivity index (χ4n) is 1.62. The fraction of sp³-hybridized carbons (Fsp3) is 0.800. The molecule has 1 heterocycles. The van der Waals surface area contributed by atoms with Crippen molar-refractivity contribution >= 4 is 22.4 Å². The van der Waals surface area contributed by atoms with Gasteiger partial charge in [-0.3, -0.25) is 9.69 Å². The highest BCUT2D eigenvalue weighted by molar-refractivity contribution is 7.80. The first-order chi connectivity index (χ1) is 8.77. The average Bonchev–Trinajstić information content (AvgIpc) is 2.28. The molecule has 9 heteroatoms. The van der Waals surface area contributed by atoms with Crippen LogP contribution < -0.4 is 0 Å². The van der Waals surface area contributed by atoms with Crippen LogP contribution in [0.3, 0.4) is 0 Å². The highest BCUT2D eigenvalue weighted by Crippen LogP contribution is 2.10. The number of hydrogen-bond acceptors (Lipinski definition) is 5. The minimum Gasteiger partial charge on any atom is -0.722 e. The van der Waals surface area contributed by atoms with E-state index in [9.17, 15) is 8.68 Å². The number of esters is 1. The summed E-state index contributed by atoms with van der Waals surface area (Å²) >= 11 is 0. The van der Waals surface area contributed by atoms with Crippen molar-refractivity contribution in [3.63, 3.8) is 0 Å². The van der Waals surface area contributed by atoms with E-state index in [1.807, 2.05) is 11.8 Å². The minimum absolute atomic E-state index is 0.177. The van der Waals surface area contributed by atoms with Crippen LogP contribution in [-0.4, -0.2) is 56.6 Å².